The van der Waals surface area contributed by atoms with Gasteiger partial charge in [-0.15, -0.1) is 0 Å². The summed E-state index contributed by atoms with van der Waals surface area (Å²) in [7, 11) is 0. The molecular weight excluding hydrogens is 1550 g/mol. The lowest BCUT2D eigenvalue weighted by Gasteiger charge is -2.42. The van der Waals surface area contributed by atoms with Gasteiger partial charge in [0.05, 0.1) is 102 Å². The molecule has 602 valence electrons. The molecule has 25 rings (SSSR count). The first-order chi connectivity index (χ1) is 61.7. The minimum atomic E-state index is -0.480. The van der Waals surface area contributed by atoms with Gasteiger partial charge in [0.2, 0.25) is 0 Å². The van der Waals surface area contributed by atoms with Crippen LogP contribution in [0.3, 0.4) is 0 Å². The lowest BCUT2D eigenvalue weighted by Crippen LogP contribution is -2.31. The molecule has 9 aromatic heterocycles. The third-order valence-electron chi connectivity index (χ3n) is 26.0. The maximum atomic E-state index is 13.6. The van der Waals surface area contributed by atoms with E-state index in [2.05, 4.69) is 311 Å². The number of aromatic nitrogens is 9. The van der Waals surface area contributed by atoms with Gasteiger partial charge in [0.25, 0.3) is 0 Å². The highest BCUT2D eigenvalue weighted by Crippen LogP contribution is 2.57. The highest BCUT2D eigenvalue weighted by molar-refractivity contribution is 6.13. The summed E-state index contributed by atoms with van der Waals surface area (Å²) in [5.41, 5.74) is 25.1. The molecule has 16 heteroatoms. The summed E-state index contributed by atoms with van der Waals surface area (Å²) in [6, 6.07) is 123. The third-order valence-corrected chi connectivity index (χ3v) is 26.0. The molecule has 0 aliphatic carbocycles. The van der Waals surface area contributed by atoms with Crippen molar-refractivity contribution in [1.29, 1.82) is 0 Å². The summed E-state index contributed by atoms with van der Waals surface area (Å²) in [4.78, 5) is 44.6. The molecule has 0 unspecified atom stereocenters. The molecule has 2 aliphatic heterocycles. The lowest BCUT2D eigenvalue weighted by atomic mass is 9.73. The predicted molar refractivity (Wildman–Crippen MR) is 511 cm³/mol. The van der Waals surface area contributed by atoms with E-state index in [9.17, 15) is 9.59 Å². The average molecular weight is 1630 g/mol. The third kappa shape index (κ3) is 11.1. The molecule has 0 atom stereocenters. The van der Waals surface area contributed by atoms with Crippen LogP contribution in [0.4, 0.5) is 51.3 Å². The summed E-state index contributed by atoms with van der Waals surface area (Å²) < 4.78 is 22.8. The van der Waals surface area contributed by atoms with Crippen molar-refractivity contribution in [2.24, 2.45) is 0 Å². The molecule has 11 heterocycles. The molecule has 23 aromatic rings. The first-order valence-electron chi connectivity index (χ1n) is 42.5. The van der Waals surface area contributed by atoms with E-state index in [1.807, 2.05) is 133 Å². The summed E-state index contributed by atoms with van der Waals surface area (Å²) >= 11 is 0. The van der Waals surface area contributed by atoms with Crippen molar-refractivity contribution in [3.63, 3.8) is 0 Å². The second-order valence-electron chi connectivity index (χ2n) is 33.8. The molecule has 0 fully saturated rings. The molecule has 16 nitrogen and oxygen atoms in total. The number of rotatable bonds is 10. The summed E-state index contributed by atoms with van der Waals surface area (Å²) in [6.07, 6.45) is 4.04. The Hall–Kier alpha value is -16.5. The van der Waals surface area contributed by atoms with E-state index in [0.29, 0.717) is 44.4 Å². The van der Waals surface area contributed by atoms with Crippen LogP contribution in [-0.4, -0.2) is 43.2 Å². The number of nitrogens with zero attached hydrogens (tertiary/aromatic N) is 12. The second-order valence-corrected chi connectivity index (χ2v) is 33.8. The summed E-state index contributed by atoms with van der Waals surface area (Å²) in [5.74, 6) is 1.66. The van der Waals surface area contributed by atoms with Crippen LogP contribution in [0, 0.1) is 13.8 Å². The van der Waals surface area contributed by atoms with Gasteiger partial charge in [-0.2, -0.15) is 10.2 Å². The standard InChI is InChI=1S/C55H38N6O2.C55H40N6O2/c1-33-52-53(61(57-33)34-15-5-4-6-16-34)41-29-35(26-28-50(41)63-54(52)62)59-48-27-25-36(58-44-21-11-7-17-37(44)38-18-8-12-22-45(38)58)30-42(48)55(2,3)43-31-51(56-32-49(43)59)60-46-23-13-9-19-39(46)40-20-10-14-24-47(40)60;1-35-52-53(61(57-35)38-21-11-6-12-22-38)43-31-39(28-30-50(43)63-54(52)62)60-48-29-27-40(59-46-25-15-13-23-41(46)42-24-14-16-26-47(42)59)32-44(48)55(2,3)45-33-51(56-34-49(45)60)58(36-17-7-4-8-18-36)37-19-9-5-10-20-37/h4-32H,1-3H3;4-34H,1-3H3. The van der Waals surface area contributed by atoms with Crippen LogP contribution < -0.4 is 26.0 Å². The zero-order valence-corrected chi connectivity index (χ0v) is 69.6. The quantitative estimate of drug-likeness (QED) is 0.121. The topological polar surface area (TPSA) is 146 Å². The average Bonchev–Trinajstić information content (AvgIpc) is 0.970. The smallest absolute Gasteiger partial charge is 0.347 e. The lowest BCUT2D eigenvalue weighted by molar-refractivity contribution is 0.569. The van der Waals surface area contributed by atoms with Crippen molar-refractivity contribution in [2.45, 2.75) is 52.4 Å². The summed E-state index contributed by atoms with van der Waals surface area (Å²) in [6.45, 7) is 13.0. The fraction of sp³-hybridized carbons (Fsp3) is 0.0727. The number of hydrogen-bond donors (Lipinski definition) is 0. The number of anilines is 9. The molecule has 0 N–H and O–H groups in total. The van der Waals surface area contributed by atoms with Crippen LogP contribution in [0.25, 0.3) is 138 Å². The molecule has 0 radical (unpaired) electrons. The number of pyridine rings is 2. The molecular formula is C110H78N12O4. The minimum absolute atomic E-state index is 0.403. The Balaban J connectivity index is 0.000000141. The molecule has 126 heavy (non-hydrogen) atoms. The molecule has 0 bridgehead atoms. The highest BCUT2D eigenvalue weighted by Gasteiger charge is 2.42. The van der Waals surface area contributed by atoms with E-state index >= 15 is 0 Å². The molecule has 0 saturated carbocycles. The van der Waals surface area contributed by atoms with Gasteiger partial charge in [0.1, 0.15) is 33.6 Å². The first-order valence-corrected chi connectivity index (χ1v) is 42.5. The Kier molecular flexibility index (Phi) is 16.4. The van der Waals surface area contributed by atoms with Crippen LogP contribution >= 0.6 is 0 Å². The largest absolute Gasteiger partial charge is 0.422 e. The fourth-order valence-corrected chi connectivity index (χ4v) is 20.2. The normalized spacial score (nSPS) is 13.3. The van der Waals surface area contributed by atoms with E-state index in [4.69, 9.17) is 29.0 Å². The maximum Gasteiger partial charge on any atom is 0.347 e. The van der Waals surface area contributed by atoms with E-state index in [-0.39, 0.29) is 0 Å². The zero-order valence-electron chi connectivity index (χ0n) is 69.6. The Labute approximate surface area is 722 Å². The van der Waals surface area contributed by atoms with Crippen molar-refractivity contribution < 1.29 is 8.83 Å². The first kappa shape index (κ1) is 73.5. The Bertz CT molecular complexity index is 8220. The molecule has 0 saturated heterocycles. The number of aryl methyl sites for hydroxylation is 2. The van der Waals surface area contributed by atoms with Crippen LogP contribution in [-0.2, 0) is 10.8 Å². The van der Waals surface area contributed by atoms with Crippen LogP contribution in [0.1, 0.15) is 61.3 Å². The monoisotopic (exact) mass is 1630 g/mol. The molecule has 14 aromatic carbocycles. The van der Waals surface area contributed by atoms with Crippen molar-refractivity contribution in [3.05, 3.63) is 419 Å². The van der Waals surface area contributed by atoms with Gasteiger partial charge in [0.15, 0.2) is 0 Å². The van der Waals surface area contributed by atoms with Gasteiger partial charge in [-0.05, 0) is 206 Å². The van der Waals surface area contributed by atoms with Crippen molar-refractivity contribution >= 4 is 160 Å². The number of benzene rings is 14. The van der Waals surface area contributed by atoms with E-state index in [1.165, 1.54) is 37.9 Å². The minimum Gasteiger partial charge on any atom is -0.422 e. The van der Waals surface area contributed by atoms with E-state index in [0.717, 1.165) is 140 Å². The van der Waals surface area contributed by atoms with Crippen LogP contribution in [0.15, 0.2) is 383 Å². The zero-order chi connectivity index (χ0) is 84.5. The van der Waals surface area contributed by atoms with Gasteiger partial charge in [0, 0.05) is 88.0 Å². The SMILES string of the molecule is Cc1nn(-c2ccccc2)c2c1c(=O)oc1ccc(N3c4ccc(-n5c6ccccc6c6ccccc65)cc4C(C)(C)c4cc(-n5c6ccccc6c6ccccc65)ncc43)cc12.Cc1nn(-c2ccccc2)c2c1c(=O)oc1ccc(N3c4ccc(-n5c6ccccc6c6ccccc65)cc4C(C)(C)c4cc(N(c5ccccc5)c5ccccc5)ncc43)cc12. The van der Waals surface area contributed by atoms with E-state index < -0.39 is 22.1 Å². The highest BCUT2D eigenvalue weighted by atomic mass is 16.4. The van der Waals surface area contributed by atoms with Gasteiger partial charge in [-0.1, -0.05) is 210 Å². The Morgan fingerprint density at radius 1 is 0.294 bits per heavy atom. The number of hydrogen-bond acceptors (Lipinski definition) is 11. The van der Waals surface area contributed by atoms with Crippen molar-refractivity contribution in [1.82, 2.24) is 43.2 Å². The maximum absolute atomic E-state index is 13.6. The molecule has 0 spiro atoms. The Morgan fingerprint density at radius 2 is 0.619 bits per heavy atom. The number of para-hydroxylation sites is 10. The van der Waals surface area contributed by atoms with E-state index in [1.54, 1.807) is 0 Å². The second kappa shape index (κ2) is 28.1. The van der Waals surface area contributed by atoms with Gasteiger partial charge >= 0.3 is 11.3 Å². The van der Waals surface area contributed by atoms with Crippen molar-refractivity contribution in [2.75, 3.05) is 14.7 Å². The van der Waals surface area contributed by atoms with Gasteiger partial charge in [-0.3, -0.25) is 9.47 Å². The Morgan fingerprint density at radius 3 is 1.01 bits per heavy atom. The molecule has 2 aliphatic rings. The number of fused-ring (bicyclic) bond motifs is 19. The fourth-order valence-electron chi connectivity index (χ4n) is 20.2. The van der Waals surface area contributed by atoms with Gasteiger partial charge < -0.3 is 27.8 Å². The van der Waals surface area contributed by atoms with Crippen molar-refractivity contribution in [3.8, 4) is 28.6 Å². The summed E-state index contributed by atoms with van der Waals surface area (Å²) in [5, 5.41) is 19.5. The molecule has 0 amide bonds. The van der Waals surface area contributed by atoms with Crippen LogP contribution in [0.2, 0.25) is 0 Å². The predicted octanol–water partition coefficient (Wildman–Crippen LogP) is 26.6. The van der Waals surface area contributed by atoms with Crippen LogP contribution in [0.5, 0.6) is 0 Å². The van der Waals surface area contributed by atoms with Gasteiger partial charge in [-0.25, -0.2) is 28.9 Å².